The molecule has 2 N–H and O–H groups in total. The fraction of sp³-hybridized carbons (Fsp3) is 0.273. The molecule has 0 aliphatic rings. The number of methoxy groups -OCH3 is 2. The molecule has 0 saturated carbocycles. The number of benzene rings is 2. The Morgan fingerprint density at radius 2 is 0.968 bits per heavy atom. The third kappa shape index (κ3) is 8.57. The van der Waals surface area contributed by atoms with E-state index in [0.29, 0.717) is 22.9 Å². The van der Waals surface area contributed by atoms with Crippen molar-refractivity contribution in [2.75, 3.05) is 24.9 Å². The second kappa shape index (κ2) is 12.0. The van der Waals surface area contributed by atoms with Gasteiger partial charge in [0.15, 0.2) is 0 Å². The number of hydrogen-bond acceptors (Lipinski definition) is 7. The maximum atomic E-state index is 11.8. The lowest BCUT2D eigenvalue weighted by Gasteiger charge is -2.09. The molecule has 164 valence electrons. The Balaban J connectivity index is 1.82. The number of amides is 2. The van der Waals surface area contributed by atoms with Crippen molar-refractivity contribution in [1.29, 1.82) is 0 Å². The summed E-state index contributed by atoms with van der Waals surface area (Å²) in [4.78, 5) is 45.7. The van der Waals surface area contributed by atoms with Crippen LogP contribution < -0.4 is 15.4 Å². The van der Waals surface area contributed by atoms with Crippen LogP contribution in [0.2, 0.25) is 0 Å². The highest BCUT2D eigenvalue weighted by Gasteiger charge is 2.09. The smallest absolute Gasteiger partial charge is 0.306 e. The van der Waals surface area contributed by atoms with E-state index < -0.39 is 11.9 Å². The van der Waals surface area contributed by atoms with Crippen LogP contribution in [0.15, 0.2) is 48.5 Å². The summed E-state index contributed by atoms with van der Waals surface area (Å²) in [6.45, 7) is 0. The molecule has 0 aliphatic carbocycles. The number of ether oxygens (including phenoxy) is 3. The van der Waals surface area contributed by atoms with E-state index in [1.54, 1.807) is 48.5 Å². The number of anilines is 2. The summed E-state index contributed by atoms with van der Waals surface area (Å²) in [5.74, 6) is -0.340. The Morgan fingerprint density at radius 3 is 1.29 bits per heavy atom. The summed E-state index contributed by atoms with van der Waals surface area (Å²) >= 11 is 0. The van der Waals surface area contributed by atoms with Gasteiger partial charge >= 0.3 is 11.9 Å². The quantitative estimate of drug-likeness (QED) is 0.557. The van der Waals surface area contributed by atoms with Gasteiger partial charge in [0, 0.05) is 24.2 Å². The SMILES string of the molecule is COC(=O)CCC(=O)Nc1ccc(Oc2ccc(NC(=O)CCC(=O)OC)cc2)cc1. The first-order valence-corrected chi connectivity index (χ1v) is 9.51. The molecule has 0 aromatic heterocycles. The molecule has 0 heterocycles. The largest absolute Gasteiger partial charge is 0.469 e. The summed E-state index contributed by atoms with van der Waals surface area (Å²) in [6, 6.07) is 13.5. The second-order valence-corrected chi connectivity index (χ2v) is 6.40. The molecule has 2 aromatic carbocycles. The topological polar surface area (TPSA) is 120 Å². The average molecular weight is 428 g/mol. The molecule has 2 rings (SSSR count). The highest BCUT2D eigenvalue weighted by molar-refractivity contribution is 5.93. The van der Waals surface area contributed by atoms with Crippen LogP contribution >= 0.6 is 0 Å². The number of nitrogens with one attached hydrogen (secondary N) is 2. The molecule has 9 nitrogen and oxygen atoms in total. The maximum Gasteiger partial charge on any atom is 0.306 e. The van der Waals surface area contributed by atoms with Gasteiger partial charge < -0.3 is 24.8 Å². The van der Waals surface area contributed by atoms with Crippen LogP contribution in [0.25, 0.3) is 0 Å². The zero-order valence-corrected chi connectivity index (χ0v) is 17.3. The molecular weight excluding hydrogens is 404 g/mol. The minimum absolute atomic E-state index is 0.0191. The minimum atomic E-state index is -0.439. The van der Waals surface area contributed by atoms with Crippen molar-refractivity contribution in [3.63, 3.8) is 0 Å². The van der Waals surface area contributed by atoms with E-state index >= 15 is 0 Å². The molecule has 0 radical (unpaired) electrons. The monoisotopic (exact) mass is 428 g/mol. The fourth-order valence-electron chi connectivity index (χ4n) is 2.43. The van der Waals surface area contributed by atoms with Crippen molar-refractivity contribution in [1.82, 2.24) is 0 Å². The Kier molecular flexibility index (Phi) is 9.03. The Labute approximate surface area is 179 Å². The van der Waals surface area contributed by atoms with E-state index in [9.17, 15) is 19.2 Å². The van der Waals surface area contributed by atoms with E-state index in [1.807, 2.05) is 0 Å². The maximum absolute atomic E-state index is 11.8. The molecule has 0 unspecified atom stereocenters. The molecule has 0 bridgehead atoms. The van der Waals surface area contributed by atoms with Crippen molar-refractivity contribution in [3.05, 3.63) is 48.5 Å². The summed E-state index contributed by atoms with van der Waals surface area (Å²) in [6.07, 6.45) is 0.115. The van der Waals surface area contributed by atoms with Crippen LogP contribution in [0, 0.1) is 0 Å². The van der Waals surface area contributed by atoms with Gasteiger partial charge in [-0.05, 0) is 48.5 Å². The van der Waals surface area contributed by atoms with Gasteiger partial charge in [-0.25, -0.2) is 0 Å². The highest BCUT2D eigenvalue weighted by atomic mass is 16.5. The summed E-state index contributed by atoms with van der Waals surface area (Å²) in [5.41, 5.74) is 1.15. The molecule has 0 atom stereocenters. The van der Waals surface area contributed by atoms with E-state index in [2.05, 4.69) is 20.1 Å². The third-order valence-electron chi connectivity index (χ3n) is 4.08. The number of hydrogen-bond donors (Lipinski definition) is 2. The predicted molar refractivity (Wildman–Crippen MR) is 113 cm³/mol. The molecule has 2 amide bonds. The molecule has 0 aliphatic heterocycles. The minimum Gasteiger partial charge on any atom is -0.469 e. The van der Waals surface area contributed by atoms with Gasteiger partial charge in [0.2, 0.25) is 11.8 Å². The normalized spacial score (nSPS) is 10.0. The number of carbonyl (C=O) groups is 4. The highest BCUT2D eigenvalue weighted by Crippen LogP contribution is 2.24. The first-order chi connectivity index (χ1) is 14.9. The Morgan fingerprint density at radius 1 is 0.613 bits per heavy atom. The van der Waals surface area contributed by atoms with Gasteiger partial charge in [0.05, 0.1) is 27.1 Å². The lowest BCUT2D eigenvalue weighted by molar-refractivity contribution is -0.142. The molecular formula is C22H24N2O7. The summed E-state index contributed by atoms with van der Waals surface area (Å²) in [5, 5.41) is 5.38. The van der Waals surface area contributed by atoms with E-state index in [0.717, 1.165) is 0 Å². The van der Waals surface area contributed by atoms with Crippen LogP contribution in [0.1, 0.15) is 25.7 Å². The van der Waals surface area contributed by atoms with Crippen LogP contribution in [-0.2, 0) is 28.7 Å². The van der Waals surface area contributed by atoms with E-state index in [4.69, 9.17) is 4.74 Å². The van der Waals surface area contributed by atoms with Gasteiger partial charge in [-0.2, -0.15) is 0 Å². The van der Waals surface area contributed by atoms with Gasteiger partial charge in [-0.15, -0.1) is 0 Å². The zero-order valence-electron chi connectivity index (χ0n) is 17.3. The van der Waals surface area contributed by atoms with E-state index in [1.165, 1.54) is 14.2 Å². The van der Waals surface area contributed by atoms with Gasteiger partial charge in [-0.3, -0.25) is 19.2 Å². The number of rotatable bonds is 10. The van der Waals surface area contributed by atoms with Crippen LogP contribution in [-0.4, -0.2) is 38.0 Å². The van der Waals surface area contributed by atoms with Crippen molar-refractivity contribution < 1.29 is 33.4 Å². The molecule has 0 spiro atoms. The second-order valence-electron chi connectivity index (χ2n) is 6.40. The molecule has 0 saturated heterocycles. The number of esters is 2. The standard InChI is InChI=1S/C22H24N2O7/c1-29-21(27)13-11-19(25)23-15-3-7-17(8-4-15)31-18-9-5-16(6-10-18)24-20(26)12-14-22(28)30-2/h3-10H,11-14H2,1-2H3,(H,23,25)(H,24,26). The van der Waals surface area contributed by atoms with Crippen LogP contribution in [0.3, 0.4) is 0 Å². The van der Waals surface area contributed by atoms with Crippen molar-refractivity contribution in [3.8, 4) is 11.5 Å². The third-order valence-corrected chi connectivity index (χ3v) is 4.08. The predicted octanol–water partition coefficient (Wildman–Crippen LogP) is 3.26. The fourth-order valence-corrected chi connectivity index (χ4v) is 2.43. The van der Waals surface area contributed by atoms with Crippen LogP contribution in [0.5, 0.6) is 11.5 Å². The lowest BCUT2D eigenvalue weighted by Crippen LogP contribution is -2.13. The molecule has 2 aromatic rings. The zero-order chi connectivity index (χ0) is 22.6. The van der Waals surface area contributed by atoms with Crippen LogP contribution in [0.4, 0.5) is 11.4 Å². The van der Waals surface area contributed by atoms with Gasteiger partial charge in [-0.1, -0.05) is 0 Å². The molecule has 0 fully saturated rings. The van der Waals surface area contributed by atoms with Gasteiger partial charge in [0.25, 0.3) is 0 Å². The first-order valence-electron chi connectivity index (χ1n) is 9.51. The van der Waals surface area contributed by atoms with Crippen molar-refractivity contribution >= 4 is 35.1 Å². The lowest BCUT2D eigenvalue weighted by atomic mass is 10.2. The summed E-state index contributed by atoms with van der Waals surface area (Å²) in [7, 11) is 2.55. The average Bonchev–Trinajstić information content (AvgIpc) is 2.78. The first kappa shape index (κ1) is 23.4. The number of carbonyl (C=O) groups excluding carboxylic acids is 4. The van der Waals surface area contributed by atoms with Crippen molar-refractivity contribution in [2.24, 2.45) is 0 Å². The molecule has 31 heavy (non-hydrogen) atoms. The van der Waals surface area contributed by atoms with Gasteiger partial charge in [0.1, 0.15) is 11.5 Å². The Hall–Kier alpha value is -3.88. The summed E-state index contributed by atoms with van der Waals surface area (Å²) < 4.78 is 14.7. The molecule has 9 heteroatoms. The van der Waals surface area contributed by atoms with Crippen molar-refractivity contribution in [2.45, 2.75) is 25.7 Å². The van der Waals surface area contributed by atoms with E-state index in [-0.39, 0.29) is 37.5 Å². The Bertz CT molecular complexity index is 833.